The van der Waals surface area contributed by atoms with Gasteiger partial charge in [-0.05, 0) is 54.6 Å². The van der Waals surface area contributed by atoms with Gasteiger partial charge in [0.15, 0.2) is 0 Å². The number of likely N-dealkylation sites (N-methyl/N-ethyl adjacent to an activating group) is 2. The maximum absolute atomic E-state index is 10.2. The van der Waals surface area contributed by atoms with Crippen molar-refractivity contribution >= 4 is 0 Å². The van der Waals surface area contributed by atoms with E-state index < -0.39 is 6.10 Å². The molecule has 3 fully saturated rings. The van der Waals surface area contributed by atoms with Crippen LogP contribution in [-0.2, 0) is 14.2 Å². The summed E-state index contributed by atoms with van der Waals surface area (Å²) in [5, 5.41) is 10.2. The molecule has 0 aromatic heterocycles. The average molecular weight is 481 g/mol. The fourth-order valence-electron chi connectivity index (χ4n) is 4.67. The average Bonchev–Trinajstić information content (AvgIpc) is 3.45. The van der Waals surface area contributed by atoms with Crippen molar-refractivity contribution in [1.82, 2.24) is 9.80 Å². The van der Waals surface area contributed by atoms with E-state index in [9.17, 15) is 5.11 Å². The highest BCUT2D eigenvalue weighted by Crippen LogP contribution is 2.36. The minimum atomic E-state index is -0.429. The number of rotatable bonds is 12. The minimum Gasteiger partial charge on any atom is -0.387 e. The van der Waals surface area contributed by atoms with Crippen LogP contribution in [-0.4, -0.2) is 84.1 Å². The van der Waals surface area contributed by atoms with Gasteiger partial charge in [-0.25, -0.2) is 0 Å². The van der Waals surface area contributed by atoms with Gasteiger partial charge in [0.2, 0.25) is 0 Å². The molecule has 198 valence electrons. The summed E-state index contributed by atoms with van der Waals surface area (Å²) in [5.74, 6) is 0. The summed E-state index contributed by atoms with van der Waals surface area (Å²) >= 11 is 0. The largest absolute Gasteiger partial charge is 0.387 e. The molecular formula is C28H52N2O4. The van der Waals surface area contributed by atoms with Crippen LogP contribution in [0.4, 0.5) is 0 Å². The number of unbranched alkanes of at least 4 members (excludes halogenated alkanes) is 7. The smallest absolute Gasteiger partial charge is 0.116 e. The Labute approximate surface area is 209 Å². The zero-order chi connectivity index (χ0) is 25.4. The Morgan fingerprint density at radius 3 is 2.03 bits per heavy atom. The Hall–Kier alpha value is -0.760. The fourth-order valence-corrected chi connectivity index (χ4v) is 4.67. The molecule has 0 bridgehead atoms. The van der Waals surface area contributed by atoms with Crippen LogP contribution in [0, 0.1) is 0 Å². The summed E-state index contributed by atoms with van der Waals surface area (Å²) in [6, 6.07) is 0.461. The van der Waals surface area contributed by atoms with Gasteiger partial charge in [-0.1, -0.05) is 63.7 Å². The molecule has 0 radical (unpaired) electrons. The van der Waals surface area contributed by atoms with Crippen molar-refractivity contribution in [3.8, 4) is 0 Å². The molecule has 5 atom stereocenters. The maximum Gasteiger partial charge on any atom is 0.116 e. The third-order valence-corrected chi connectivity index (χ3v) is 7.78. The van der Waals surface area contributed by atoms with Crippen LogP contribution in [0.2, 0.25) is 0 Å². The van der Waals surface area contributed by atoms with E-state index in [1.165, 1.54) is 44.9 Å². The summed E-state index contributed by atoms with van der Waals surface area (Å²) in [5.41, 5.74) is -0.416. The number of nitrogens with zero attached hydrogens (tertiary/aromatic N) is 2. The molecular weight excluding hydrogens is 428 g/mol. The summed E-state index contributed by atoms with van der Waals surface area (Å²) in [4.78, 5) is 4.36. The van der Waals surface area contributed by atoms with E-state index in [-0.39, 0.29) is 23.6 Å². The first-order valence-electron chi connectivity index (χ1n) is 13.4. The molecule has 1 N–H and O–H groups in total. The molecule has 0 saturated carbocycles. The second-order valence-electron chi connectivity index (χ2n) is 11.0. The highest BCUT2D eigenvalue weighted by Gasteiger charge is 2.51. The molecule has 0 aliphatic carbocycles. The van der Waals surface area contributed by atoms with Crippen LogP contribution < -0.4 is 0 Å². The van der Waals surface area contributed by atoms with Crippen LogP contribution in [0.3, 0.4) is 0 Å². The SMILES string of the molecule is C=C[C@H]1O[C@H]1[C@@H]1COC(C)(C)N1C.CCCCCCCCC/C=C/[C@@H](O)[C@@H]1COC(C)(C)N1C. The zero-order valence-corrected chi connectivity index (χ0v) is 23.0. The first-order chi connectivity index (χ1) is 16.0. The lowest BCUT2D eigenvalue weighted by Crippen LogP contribution is -2.45. The second-order valence-corrected chi connectivity index (χ2v) is 11.0. The van der Waals surface area contributed by atoms with E-state index in [1.807, 2.05) is 33.0 Å². The van der Waals surface area contributed by atoms with Crippen molar-refractivity contribution in [2.45, 2.75) is 128 Å². The summed E-state index contributed by atoms with van der Waals surface area (Å²) in [6.07, 6.45) is 16.5. The molecule has 3 saturated heterocycles. The van der Waals surface area contributed by atoms with Crippen molar-refractivity contribution in [3.05, 3.63) is 24.8 Å². The lowest BCUT2D eigenvalue weighted by Gasteiger charge is -2.30. The molecule has 3 rings (SSSR count). The molecule has 34 heavy (non-hydrogen) atoms. The maximum atomic E-state index is 10.2. The van der Waals surface area contributed by atoms with Gasteiger partial charge in [0, 0.05) is 0 Å². The number of aliphatic hydroxyl groups excluding tert-OH is 1. The van der Waals surface area contributed by atoms with Gasteiger partial charge in [-0.3, -0.25) is 9.80 Å². The van der Waals surface area contributed by atoms with Gasteiger partial charge in [0.1, 0.15) is 23.7 Å². The molecule has 0 aromatic carbocycles. The standard InChI is InChI=1S/C18H35NO2.C10H17NO2/c1-5-6-7-8-9-10-11-12-13-14-17(20)16-15-21-18(2,3)19(16)4;1-5-8-9(13-8)7-6-12-10(2,3)11(7)4/h13-14,16-17,20H,5-12,15H2,1-4H3;5,7-9H,1,6H2,2-4H3/b14-13+;/t16-,17+;7-,8+,9-/m00/s1. The molecule has 6 heteroatoms. The Morgan fingerprint density at radius 2 is 1.53 bits per heavy atom. The van der Waals surface area contributed by atoms with Gasteiger partial charge in [0.25, 0.3) is 0 Å². The number of hydrogen-bond donors (Lipinski definition) is 1. The van der Waals surface area contributed by atoms with E-state index >= 15 is 0 Å². The Balaban J connectivity index is 0.000000266. The van der Waals surface area contributed by atoms with Crippen LogP contribution in [0.5, 0.6) is 0 Å². The number of allylic oxidation sites excluding steroid dienone is 1. The number of hydrogen-bond acceptors (Lipinski definition) is 6. The quantitative estimate of drug-likeness (QED) is 0.238. The van der Waals surface area contributed by atoms with Crippen molar-refractivity contribution < 1.29 is 19.3 Å². The zero-order valence-electron chi connectivity index (χ0n) is 23.0. The van der Waals surface area contributed by atoms with Crippen molar-refractivity contribution in [2.24, 2.45) is 0 Å². The number of ether oxygens (including phenoxy) is 3. The van der Waals surface area contributed by atoms with Gasteiger partial charge in [-0.15, -0.1) is 6.58 Å². The predicted octanol–water partition coefficient (Wildman–Crippen LogP) is 5.12. The van der Waals surface area contributed by atoms with Crippen molar-refractivity contribution in [3.63, 3.8) is 0 Å². The van der Waals surface area contributed by atoms with E-state index in [4.69, 9.17) is 14.2 Å². The highest BCUT2D eigenvalue weighted by atomic mass is 16.6. The molecule has 3 heterocycles. The van der Waals surface area contributed by atoms with Gasteiger partial charge in [-0.2, -0.15) is 0 Å². The lowest BCUT2D eigenvalue weighted by atomic mass is 10.1. The van der Waals surface area contributed by atoms with E-state index in [2.05, 4.69) is 50.3 Å². The Kier molecular flexibility index (Phi) is 11.7. The first-order valence-corrected chi connectivity index (χ1v) is 13.4. The van der Waals surface area contributed by atoms with E-state index in [0.717, 1.165) is 13.0 Å². The molecule has 0 unspecified atom stereocenters. The fraction of sp³-hybridized carbons (Fsp3) is 0.857. The summed E-state index contributed by atoms with van der Waals surface area (Å²) in [6.45, 7) is 15.6. The third kappa shape index (κ3) is 8.42. The summed E-state index contributed by atoms with van der Waals surface area (Å²) < 4.78 is 16.9. The molecule has 0 amide bonds. The van der Waals surface area contributed by atoms with Crippen molar-refractivity contribution in [2.75, 3.05) is 27.3 Å². The number of epoxide rings is 1. The van der Waals surface area contributed by atoms with Crippen LogP contribution in [0.1, 0.15) is 86.0 Å². The third-order valence-electron chi connectivity index (χ3n) is 7.78. The van der Waals surface area contributed by atoms with Crippen molar-refractivity contribution in [1.29, 1.82) is 0 Å². The Bertz CT molecular complexity index is 636. The van der Waals surface area contributed by atoms with Crippen LogP contribution in [0.15, 0.2) is 24.8 Å². The van der Waals surface area contributed by atoms with Gasteiger partial charge >= 0.3 is 0 Å². The molecule has 3 aliphatic heterocycles. The first kappa shape index (κ1) is 29.5. The molecule has 3 aliphatic rings. The van der Waals surface area contributed by atoms with E-state index in [0.29, 0.717) is 18.8 Å². The van der Waals surface area contributed by atoms with Crippen LogP contribution in [0.25, 0.3) is 0 Å². The van der Waals surface area contributed by atoms with E-state index in [1.54, 1.807) is 0 Å². The lowest BCUT2D eigenvalue weighted by molar-refractivity contribution is -0.0444. The monoisotopic (exact) mass is 480 g/mol. The molecule has 6 nitrogen and oxygen atoms in total. The highest BCUT2D eigenvalue weighted by molar-refractivity contribution is 5.06. The normalized spacial score (nSPS) is 31.4. The topological polar surface area (TPSA) is 57.7 Å². The summed E-state index contributed by atoms with van der Waals surface area (Å²) in [7, 11) is 4.10. The second kappa shape index (κ2) is 13.5. The molecule has 0 spiro atoms. The Morgan fingerprint density at radius 1 is 0.941 bits per heavy atom. The minimum absolute atomic E-state index is 0.0743. The number of aliphatic hydroxyl groups is 1. The van der Waals surface area contributed by atoms with Gasteiger partial charge < -0.3 is 19.3 Å². The predicted molar refractivity (Wildman–Crippen MR) is 140 cm³/mol. The van der Waals surface area contributed by atoms with Gasteiger partial charge in [0.05, 0.1) is 31.4 Å². The van der Waals surface area contributed by atoms with Crippen LogP contribution >= 0.6 is 0 Å². The molecule has 0 aromatic rings.